The predicted molar refractivity (Wildman–Crippen MR) is 99.5 cm³/mol. The topological polar surface area (TPSA) is 93.2 Å². The van der Waals surface area contributed by atoms with E-state index < -0.39 is 10.0 Å². The molecule has 0 aliphatic rings. The third-order valence-electron chi connectivity index (χ3n) is 3.58. The highest BCUT2D eigenvalue weighted by atomic mass is 32.2. The van der Waals surface area contributed by atoms with Gasteiger partial charge in [0.2, 0.25) is 10.0 Å². The maximum absolute atomic E-state index is 11.8. The summed E-state index contributed by atoms with van der Waals surface area (Å²) >= 11 is 0. The van der Waals surface area contributed by atoms with Gasteiger partial charge >= 0.3 is 0 Å². The molecule has 0 radical (unpaired) electrons. The van der Waals surface area contributed by atoms with Crippen LogP contribution >= 0.6 is 0 Å². The minimum atomic E-state index is -3.36. The third-order valence-corrected chi connectivity index (χ3v) is 4.93. The van der Waals surface area contributed by atoms with Gasteiger partial charge < -0.3 is 10.1 Å². The summed E-state index contributed by atoms with van der Waals surface area (Å²) in [5.41, 5.74) is 1.10. The summed E-state index contributed by atoms with van der Waals surface area (Å²) in [7, 11) is -1.71. The van der Waals surface area contributed by atoms with Gasteiger partial charge in [-0.25, -0.2) is 8.42 Å². The molecule has 0 unspecified atom stereocenters. The molecule has 136 valence electrons. The highest BCUT2D eigenvalue weighted by Gasteiger charge is 2.10. The van der Waals surface area contributed by atoms with E-state index in [1.54, 1.807) is 19.2 Å². The van der Waals surface area contributed by atoms with Gasteiger partial charge in [-0.3, -0.25) is 4.72 Å². The van der Waals surface area contributed by atoms with Gasteiger partial charge in [0.15, 0.2) is 5.82 Å². The molecule has 2 rings (SSSR count). The van der Waals surface area contributed by atoms with Crippen LogP contribution in [0.4, 0.5) is 11.6 Å². The van der Waals surface area contributed by atoms with Crippen molar-refractivity contribution in [3.05, 3.63) is 42.0 Å². The van der Waals surface area contributed by atoms with Crippen molar-refractivity contribution in [1.82, 2.24) is 10.2 Å². The fraction of sp³-hybridized carbons (Fsp3) is 0.412. The van der Waals surface area contributed by atoms with Crippen LogP contribution in [0.3, 0.4) is 0 Å². The summed E-state index contributed by atoms with van der Waals surface area (Å²) in [5, 5.41) is 11.1. The molecule has 1 aromatic carbocycles. The first-order valence-corrected chi connectivity index (χ1v) is 9.89. The number of anilines is 2. The van der Waals surface area contributed by atoms with E-state index in [1.165, 1.54) is 0 Å². The summed E-state index contributed by atoms with van der Waals surface area (Å²) in [6.45, 7) is 2.61. The van der Waals surface area contributed by atoms with Crippen molar-refractivity contribution >= 4 is 21.7 Å². The first-order chi connectivity index (χ1) is 12.0. The molecule has 7 nitrogen and oxygen atoms in total. The van der Waals surface area contributed by atoms with Crippen LogP contribution in [0.2, 0.25) is 0 Å². The van der Waals surface area contributed by atoms with E-state index in [2.05, 4.69) is 20.2 Å². The number of unbranched alkanes of at least 4 members (excludes halogenated alkanes) is 1. The Balaban J connectivity index is 1.86. The van der Waals surface area contributed by atoms with Crippen molar-refractivity contribution in [2.45, 2.75) is 26.2 Å². The molecule has 2 N–H and O–H groups in total. The summed E-state index contributed by atoms with van der Waals surface area (Å²) in [5.74, 6) is 1.76. The van der Waals surface area contributed by atoms with Crippen LogP contribution in [-0.4, -0.2) is 38.0 Å². The van der Waals surface area contributed by atoms with Gasteiger partial charge in [0.05, 0.1) is 12.9 Å². The zero-order valence-electron chi connectivity index (χ0n) is 14.5. The molecule has 0 saturated carbocycles. The maximum atomic E-state index is 11.8. The van der Waals surface area contributed by atoms with E-state index in [-0.39, 0.29) is 11.6 Å². The van der Waals surface area contributed by atoms with E-state index in [9.17, 15) is 8.42 Å². The number of rotatable bonds is 10. The van der Waals surface area contributed by atoms with E-state index in [4.69, 9.17) is 4.74 Å². The molecule has 0 aliphatic heterocycles. The minimum Gasteiger partial charge on any atom is -0.496 e. The summed E-state index contributed by atoms with van der Waals surface area (Å²) in [6, 6.07) is 11.1. The van der Waals surface area contributed by atoms with E-state index in [0.29, 0.717) is 18.8 Å². The van der Waals surface area contributed by atoms with Gasteiger partial charge in [0, 0.05) is 6.54 Å². The predicted octanol–water partition coefficient (Wildman–Crippen LogP) is 2.68. The Morgan fingerprint density at radius 3 is 2.48 bits per heavy atom. The van der Waals surface area contributed by atoms with Gasteiger partial charge in [-0.15, -0.1) is 10.2 Å². The molecule has 0 saturated heterocycles. The molecule has 1 heterocycles. The monoisotopic (exact) mass is 364 g/mol. The Kier molecular flexibility index (Phi) is 7.00. The highest BCUT2D eigenvalue weighted by molar-refractivity contribution is 7.92. The first-order valence-electron chi connectivity index (χ1n) is 8.24. The molecular formula is C17H24N4O3S. The number of sulfonamides is 1. The second-order valence-electron chi connectivity index (χ2n) is 5.57. The molecule has 0 atom stereocenters. The largest absolute Gasteiger partial charge is 0.496 e. The standard InChI is InChI=1S/C17H24N4O3S/c1-3-4-13-25(22,23)21-17-10-9-16(19-20-17)18-12-11-14-7-5-6-8-15(14)24-2/h5-10H,3-4,11-13H2,1-2H3,(H,18,19)(H,20,21). The molecule has 25 heavy (non-hydrogen) atoms. The summed E-state index contributed by atoms with van der Waals surface area (Å²) in [6.07, 6.45) is 2.21. The van der Waals surface area contributed by atoms with E-state index in [1.807, 2.05) is 31.2 Å². The number of benzene rings is 1. The van der Waals surface area contributed by atoms with Crippen LogP contribution in [-0.2, 0) is 16.4 Å². The van der Waals surface area contributed by atoms with Crippen molar-refractivity contribution in [2.24, 2.45) is 0 Å². The van der Waals surface area contributed by atoms with Gasteiger partial charge in [-0.1, -0.05) is 31.5 Å². The van der Waals surface area contributed by atoms with Gasteiger partial charge in [-0.05, 0) is 36.6 Å². The van der Waals surface area contributed by atoms with Crippen molar-refractivity contribution < 1.29 is 13.2 Å². The second-order valence-corrected chi connectivity index (χ2v) is 7.41. The third kappa shape index (κ3) is 6.22. The van der Waals surface area contributed by atoms with Crippen LogP contribution in [0.25, 0.3) is 0 Å². The number of methoxy groups -OCH3 is 1. The molecule has 0 amide bonds. The SMILES string of the molecule is CCCCS(=O)(=O)Nc1ccc(NCCc2ccccc2OC)nn1. The van der Waals surface area contributed by atoms with Gasteiger partial charge in [0.1, 0.15) is 11.6 Å². The maximum Gasteiger partial charge on any atom is 0.233 e. The zero-order valence-corrected chi connectivity index (χ0v) is 15.3. The molecule has 1 aromatic heterocycles. The van der Waals surface area contributed by atoms with E-state index >= 15 is 0 Å². The smallest absolute Gasteiger partial charge is 0.233 e. The fourth-order valence-corrected chi connectivity index (χ4v) is 3.46. The normalized spacial score (nSPS) is 11.1. The second kappa shape index (κ2) is 9.22. The number of para-hydroxylation sites is 1. The number of hydrogen-bond donors (Lipinski definition) is 2. The van der Waals surface area contributed by atoms with Crippen LogP contribution in [0.1, 0.15) is 25.3 Å². The Morgan fingerprint density at radius 1 is 1.08 bits per heavy atom. The lowest BCUT2D eigenvalue weighted by molar-refractivity contribution is 0.410. The molecule has 0 bridgehead atoms. The highest BCUT2D eigenvalue weighted by Crippen LogP contribution is 2.17. The average Bonchev–Trinajstić information content (AvgIpc) is 2.61. The molecule has 0 aliphatic carbocycles. The number of aromatic nitrogens is 2. The number of ether oxygens (including phenoxy) is 1. The Labute approximate surface area is 148 Å². The lowest BCUT2D eigenvalue weighted by Gasteiger charge is -2.10. The van der Waals surface area contributed by atoms with Crippen LogP contribution < -0.4 is 14.8 Å². The Morgan fingerprint density at radius 2 is 1.80 bits per heavy atom. The molecule has 0 fully saturated rings. The van der Waals surface area contributed by atoms with Crippen LogP contribution in [0, 0.1) is 0 Å². The Bertz CT molecular complexity index is 764. The number of hydrogen-bond acceptors (Lipinski definition) is 6. The quantitative estimate of drug-likeness (QED) is 0.673. The zero-order chi connectivity index (χ0) is 18.1. The summed E-state index contributed by atoms with van der Waals surface area (Å²) < 4.78 is 31.4. The minimum absolute atomic E-state index is 0.0874. The average molecular weight is 364 g/mol. The molecule has 0 spiro atoms. The van der Waals surface area contributed by atoms with Gasteiger partial charge in [0.25, 0.3) is 0 Å². The van der Waals surface area contributed by atoms with Crippen molar-refractivity contribution in [2.75, 3.05) is 29.4 Å². The van der Waals surface area contributed by atoms with E-state index in [0.717, 1.165) is 24.2 Å². The molecular weight excluding hydrogens is 340 g/mol. The lowest BCUT2D eigenvalue weighted by atomic mass is 10.1. The van der Waals surface area contributed by atoms with Crippen molar-refractivity contribution in [3.63, 3.8) is 0 Å². The van der Waals surface area contributed by atoms with Gasteiger partial charge in [-0.2, -0.15) is 0 Å². The molecule has 2 aromatic rings. The lowest BCUT2D eigenvalue weighted by Crippen LogP contribution is -2.18. The van der Waals surface area contributed by atoms with Crippen LogP contribution in [0.15, 0.2) is 36.4 Å². The number of nitrogens with zero attached hydrogens (tertiary/aromatic N) is 2. The van der Waals surface area contributed by atoms with Crippen molar-refractivity contribution in [1.29, 1.82) is 0 Å². The number of nitrogens with one attached hydrogen (secondary N) is 2. The summed E-state index contributed by atoms with van der Waals surface area (Å²) in [4.78, 5) is 0. The van der Waals surface area contributed by atoms with Crippen molar-refractivity contribution in [3.8, 4) is 5.75 Å². The Hall–Kier alpha value is -2.35. The fourth-order valence-electron chi connectivity index (χ4n) is 2.26. The molecule has 8 heteroatoms. The first kappa shape index (κ1) is 19.0. The van der Waals surface area contributed by atoms with Crippen LogP contribution in [0.5, 0.6) is 5.75 Å².